The Morgan fingerprint density at radius 2 is 1.45 bits per heavy atom. The van der Waals surface area contributed by atoms with Crippen molar-refractivity contribution in [3.8, 4) is 0 Å². The molecule has 1 aliphatic carbocycles. The van der Waals surface area contributed by atoms with E-state index in [0.29, 0.717) is 11.9 Å². The Morgan fingerprint density at radius 3 is 2.15 bits per heavy atom. The molecule has 0 unspecified atom stereocenters. The Bertz CT molecular complexity index is 434. The summed E-state index contributed by atoms with van der Waals surface area (Å²) < 4.78 is 0. The van der Waals surface area contributed by atoms with Crippen LogP contribution >= 0.6 is 0 Å². The summed E-state index contributed by atoms with van der Waals surface area (Å²) >= 11 is 0. The third kappa shape index (κ3) is 3.19. The van der Waals surface area contributed by atoms with Gasteiger partial charge in [-0.1, -0.05) is 25.7 Å². The van der Waals surface area contributed by atoms with Crippen molar-refractivity contribution in [2.75, 3.05) is 23.7 Å². The van der Waals surface area contributed by atoms with Crippen molar-refractivity contribution >= 4 is 11.9 Å². The molecule has 2 fully saturated rings. The van der Waals surface area contributed by atoms with E-state index in [1.807, 2.05) is 0 Å². The molecule has 1 saturated carbocycles. The summed E-state index contributed by atoms with van der Waals surface area (Å²) in [5.74, 6) is 2.60. The van der Waals surface area contributed by atoms with Crippen molar-refractivity contribution in [3.63, 3.8) is 0 Å². The fourth-order valence-electron chi connectivity index (χ4n) is 3.35. The summed E-state index contributed by atoms with van der Waals surface area (Å²) in [6, 6.07) is 0. The van der Waals surface area contributed by atoms with Crippen LogP contribution in [-0.4, -0.2) is 28.0 Å². The van der Waals surface area contributed by atoms with Gasteiger partial charge in [-0.25, -0.2) is 0 Å². The minimum atomic E-state index is 0.389. The third-order valence-electron chi connectivity index (χ3n) is 4.52. The van der Waals surface area contributed by atoms with E-state index in [-0.39, 0.29) is 0 Å². The van der Waals surface area contributed by atoms with Gasteiger partial charge in [-0.05, 0) is 32.1 Å². The molecule has 2 N–H and O–H groups in total. The first-order valence-electron chi connectivity index (χ1n) is 8.09. The SMILES string of the molecule is Nc1nc(C2CCCCCC2)nc(N2CCCCC2)n1. The molecule has 0 aromatic carbocycles. The van der Waals surface area contributed by atoms with Gasteiger partial charge in [0.2, 0.25) is 11.9 Å². The Morgan fingerprint density at radius 1 is 0.800 bits per heavy atom. The Balaban J connectivity index is 1.81. The molecule has 20 heavy (non-hydrogen) atoms. The molecule has 0 spiro atoms. The van der Waals surface area contributed by atoms with Gasteiger partial charge in [0.1, 0.15) is 5.82 Å². The Kier molecular flexibility index (Phi) is 4.33. The second-order valence-electron chi connectivity index (χ2n) is 6.09. The van der Waals surface area contributed by atoms with Crippen LogP contribution in [0.4, 0.5) is 11.9 Å². The van der Waals surface area contributed by atoms with Crippen molar-refractivity contribution < 1.29 is 0 Å². The van der Waals surface area contributed by atoms with E-state index in [4.69, 9.17) is 10.7 Å². The molecule has 0 amide bonds. The van der Waals surface area contributed by atoms with Gasteiger partial charge in [0, 0.05) is 19.0 Å². The van der Waals surface area contributed by atoms with Crippen LogP contribution in [0.5, 0.6) is 0 Å². The van der Waals surface area contributed by atoms with E-state index in [1.54, 1.807) is 0 Å². The maximum atomic E-state index is 5.92. The zero-order valence-electron chi connectivity index (χ0n) is 12.2. The number of hydrogen-bond acceptors (Lipinski definition) is 5. The number of hydrogen-bond donors (Lipinski definition) is 1. The Hall–Kier alpha value is -1.39. The van der Waals surface area contributed by atoms with Crippen LogP contribution in [0, 0.1) is 0 Å². The minimum Gasteiger partial charge on any atom is -0.368 e. The van der Waals surface area contributed by atoms with Crippen LogP contribution in [0.15, 0.2) is 0 Å². The van der Waals surface area contributed by atoms with E-state index < -0.39 is 0 Å². The lowest BCUT2D eigenvalue weighted by Gasteiger charge is -2.27. The van der Waals surface area contributed by atoms with Crippen LogP contribution in [0.2, 0.25) is 0 Å². The van der Waals surface area contributed by atoms with E-state index in [9.17, 15) is 0 Å². The molecule has 1 aliphatic heterocycles. The molecule has 1 saturated heterocycles. The highest BCUT2D eigenvalue weighted by atomic mass is 15.3. The monoisotopic (exact) mass is 275 g/mol. The third-order valence-corrected chi connectivity index (χ3v) is 4.52. The topological polar surface area (TPSA) is 67.9 Å². The number of aromatic nitrogens is 3. The maximum Gasteiger partial charge on any atom is 0.230 e. The molecule has 1 aromatic heterocycles. The van der Waals surface area contributed by atoms with Crippen LogP contribution < -0.4 is 10.6 Å². The lowest BCUT2D eigenvalue weighted by Crippen LogP contribution is -2.31. The summed E-state index contributed by atoms with van der Waals surface area (Å²) in [6.45, 7) is 2.10. The highest BCUT2D eigenvalue weighted by Crippen LogP contribution is 2.30. The van der Waals surface area contributed by atoms with Gasteiger partial charge in [-0.3, -0.25) is 0 Å². The predicted octanol–water partition coefficient (Wildman–Crippen LogP) is 2.88. The zero-order chi connectivity index (χ0) is 13.8. The summed E-state index contributed by atoms with van der Waals surface area (Å²) in [6.07, 6.45) is 11.4. The molecule has 3 rings (SSSR count). The van der Waals surface area contributed by atoms with Gasteiger partial charge in [0.05, 0.1) is 0 Å². The number of nitrogen functional groups attached to an aromatic ring is 1. The maximum absolute atomic E-state index is 5.92. The highest BCUT2D eigenvalue weighted by molar-refractivity contribution is 5.35. The van der Waals surface area contributed by atoms with Crippen LogP contribution in [-0.2, 0) is 0 Å². The molecule has 5 nitrogen and oxygen atoms in total. The normalized spacial score (nSPS) is 21.7. The largest absolute Gasteiger partial charge is 0.368 e. The molecular weight excluding hydrogens is 250 g/mol. The number of nitrogens with two attached hydrogens (primary N) is 1. The smallest absolute Gasteiger partial charge is 0.230 e. The standard InChI is InChI=1S/C15H25N5/c16-14-17-13(12-8-4-1-2-5-9-12)18-15(19-14)20-10-6-3-7-11-20/h12H,1-11H2,(H2,16,17,18,19). The first-order valence-corrected chi connectivity index (χ1v) is 8.09. The number of anilines is 2. The van der Waals surface area contributed by atoms with Gasteiger partial charge in [0.15, 0.2) is 0 Å². The molecule has 2 heterocycles. The molecule has 0 atom stereocenters. The second kappa shape index (κ2) is 6.37. The van der Waals surface area contributed by atoms with Crippen molar-refractivity contribution in [1.29, 1.82) is 0 Å². The van der Waals surface area contributed by atoms with Crippen molar-refractivity contribution in [2.45, 2.75) is 63.7 Å². The molecular formula is C15H25N5. The number of nitrogens with zero attached hydrogens (tertiary/aromatic N) is 4. The molecule has 1 aromatic rings. The quantitative estimate of drug-likeness (QED) is 0.841. The lowest BCUT2D eigenvalue weighted by atomic mass is 10.00. The molecule has 110 valence electrons. The van der Waals surface area contributed by atoms with Crippen molar-refractivity contribution in [3.05, 3.63) is 5.82 Å². The fraction of sp³-hybridized carbons (Fsp3) is 0.800. The summed E-state index contributed by atoms with van der Waals surface area (Å²) in [7, 11) is 0. The number of piperidine rings is 1. The second-order valence-corrected chi connectivity index (χ2v) is 6.09. The summed E-state index contributed by atoms with van der Waals surface area (Å²) in [5, 5.41) is 0. The zero-order valence-corrected chi connectivity index (χ0v) is 12.2. The fourth-order valence-corrected chi connectivity index (χ4v) is 3.35. The molecule has 5 heteroatoms. The minimum absolute atomic E-state index is 0.389. The van der Waals surface area contributed by atoms with Gasteiger partial charge < -0.3 is 10.6 Å². The van der Waals surface area contributed by atoms with Crippen LogP contribution in [0.25, 0.3) is 0 Å². The van der Waals surface area contributed by atoms with Gasteiger partial charge in [-0.2, -0.15) is 15.0 Å². The lowest BCUT2D eigenvalue weighted by molar-refractivity contribution is 0.543. The first kappa shape index (κ1) is 13.6. The predicted molar refractivity (Wildman–Crippen MR) is 80.7 cm³/mol. The van der Waals surface area contributed by atoms with E-state index in [1.165, 1.54) is 57.8 Å². The summed E-state index contributed by atoms with van der Waals surface area (Å²) in [4.78, 5) is 15.8. The average molecular weight is 275 g/mol. The van der Waals surface area contributed by atoms with Crippen LogP contribution in [0.1, 0.15) is 69.5 Å². The van der Waals surface area contributed by atoms with E-state index in [2.05, 4.69) is 14.9 Å². The van der Waals surface area contributed by atoms with E-state index >= 15 is 0 Å². The van der Waals surface area contributed by atoms with E-state index in [0.717, 1.165) is 24.9 Å². The Labute approximate surface area is 121 Å². The average Bonchev–Trinajstić information content (AvgIpc) is 2.77. The van der Waals surface area contributed by atoms with Crippen LogP contribution in [0.3, 0.4) is 0 Å². The van der Waals surface area contributed by atoms with Crippen molar-refractivity contribution in [1.82, 2.24) is 15.0 Å². The molecule has 2 aliphatic rings. The highest BCUT2D eigenvalue weighted by Gasteiger charge is 2.21. The van der Waals surface area contributed by atoms with Gasteiger partial charge >= 0.3 is 0 Å². The summed E-state index contributed by atoms with van der Waals surface area (Å²) in [5.41, 5.74) is 5.92. The van der Waals surface area contributed by atoms with Crippen molar-refractivity contribution in [2.24, 2.45) is 0 Å². The van der Waals surface area contributed by atoms with Gasteiger partial charge in [-0.15, -0.1) is 0 Å². The van der Waals surface area contributed by atoms with Gasteiger partial charge in [0.25, 0.3) is 0 Å². The molecule has 0 radical (unpaired) electrons. The molecule has 0 bridgehead atoms. The number of rotatable bonds is 2. The first-order chi connectivity index (χ1) is 9.83.